The predicted molar refractivity (Wildman–Crippen MR) is 58.0 cm³/mol. The van der Waals surface area contributed by atoms with E-state index >= 15 is 0 Å². The van der Waals surface area contributed by atoms with Crippen LogP contribution in [0.5, 0.6) is 0 Å². The molecule has 0 aliphatic carbocycles. The zero-order chi connectivity index (χ0) is 10.5. The van der Waals surface area contributed by atoms with Crippen LogP contribution in [0.25, 0.3) is 0 Å². The fourth-order valence-electron chi connectivity index (χ4n) is 1.51. The van der Waals surface area contributed by atoms with Crippen molar-refractivity contribution in [3.63, 3.8) is 0 Å². The summed E-state index contributed by atoms with van der Waals surface area (Å²) < 4.78 is 13.3. The monoisotopic (exact) mass is 201 g/mol. The average Bonchev–Trinajstić information content (AvgIpc) is 2.29. The predicted octanol–water partition coefficient (Wildman–Crippen LogP) is 3.01. The molecule has 0 spiro atoms. The van der Waals surface area contributed by atoms with Gasteiger partial charge in [0.15, 0.2) is 0 Å². The molecule has 1 aromatic carbocycles. The summed E-state index contributed by atoms with van der Waals surface area (Å²) in [6, 6.07) is 12.7. The molecule has 1 heterocycles. The molecule has 0 aliphatic rings. The Morgan fingerprint density at radius 3 is 2.47 bits per heavy atom. The van der Waals surface area contributed by atoms with Crippen molar-refractivity contribution >= 4 is 0 Å². The molecular weight excluding hydrogens is 189 g/mol. The van der Waals surface area contributed by atoms with E-state index in [-0.39, 0.29) is 5.82 Å². The Labute approximate surface area is 88.6 Å². The molecule has 0 amide bonds. The van der Waals surface area contributed by atoms with Crippen molar-refractivity contribution in [2.75, 3.05) is 0 Å². The Hall–Kier alpha value is -1.70. The third-order valence-electron chi connectivity index (χ3n) is 2.33. The zero-order valence-corrected chi connectivity index (χ0v) is 8.36. The minimum atomic E-state index is -0.131. The molecule has 0 radical (unpaired) electrons. The Balaban J connectivity index is 2.03. The van der Waals surface area contributed by atoms with Crippen molar-refractivity contribution in [3.8, 4) is 0 Å². The van der Waals surface area contributed by atoms with Crippen LogP contribution in [0, 0.1) is 5.82 Å². The summed E-state index contributed by atoms with van der Waals surface area (Å²) in [5, 5.41) is 0. The summed E-state index contributed by atoms with van der Waals surface area (Å²) in [6.45, 7) is 0. The molecule has 2 rings (SSSR count). The maximum Gasteiger partial charge on any atom is 0.126 e. The first-order chi connectivity index (χ1) is 7.36. The minimum absolute atomic E-state index is 0.131. The van der Waals surface area contributed by atoms with Gasteiger partial charge >= 0.3 is 0 Å². The molecule has 0 N–H and O–H groups in total. The molecule has 15 heavy (non-hydrogen) atoms. The van der Waals surface area contributed by atoms with Crippen LogP contribution in [-0.2, 0) is 12.8 Å². The van der Waals surface area contributed by atoms with Crippen molar-refractivity contribution in [2.45, 2.75) is 12.8 Å². The first kappa shape index (κ1) is 9.84. The standard InChI is InChI=1S/C13H12FN/c14-13-7-2-1-5-11(13)8-9-12-6-3-4-10-15-12/h1-7,10H,8-9H2. The molecular formula is C13H12FN. The number of aromatic nitrogens is 1. The summed E-state index contributed by atoms with van der Waals surface area (Å²) in [5.41, 5.74) is 1.75. The Morgan fingerprint density at radius 1 is 0.933 bits per heavy atom. The SMILES string of the molecule is Fc1ccccc1CCc1ccccn1. The van der Waals surface area contributed by atoms with E-state index in [1.165, 1.54) is 6.07 Å². The summed E-state index contributed by atoms with van der Waals surface area (Å²) in [4.78, 5) is 4.20. The number of aryl methyl sites for hydroxylation is 2. The molecule has 2 heteroatoms. The van der Waals surface area contributed by atoms with Crippen LogP contribution >= 0.6 is 0 Å². The molecule has 2 aromatic rings. The van der Waals surface area contributed by atoms with Crippen molar-refractivity contribution in [1.29, 1.82) is 0 Å². The highest BCUT2D eigenvalue weighted by Crippen LogP contribution is 2.09. The van der Waals surface area contributed by atoms with E-state index in [1.807, 2.05) is 30.3 Å². The summed E-state index contributed by atoms with van der Waals surface area (Å²) in [6.07, 6.45) is 3.24. The smallest absolute Gasteiger partial charge is 0.126 e. The molecule has 76 valence electrons. The molecule has 0 aliphatic heterocycles. The van der Waals surface area contributed by atoms with E-state index in [0.29, 0.717) is 6.42 Å². The van der Waals surface area contributed by atoms with Gasteiger partial charge in [0.25, 0.3) is 0 Å². The quantitative estimate of drug-likeness (QED) is 0.743. The first-order valence-corrected chi connectivity index (χ1v) is 4.99. The van der Waals surface area contributed by atoms with E-state index in [0.717, 1.165) is 17.7 Å². The second-order valence-electron chi connectivity index (χ2n) is 3.41. The normalized spacial score (nSPS) is 10.2. The van der Waals surface area contributed by atoms with Crippen molar-refractivity contribution in [3.05, 3.63) is 65.7 Å². The van der Waals surface area contributed by atoms with E-state index < -0.39 is 0 Å². The number of hydrogen-bond acceptors (Lipinski definition) is 1. The summed E-state index contributed by atoms with van der Waals surface area (Å²) in [5.74, 6) is -0.131. The van der Waals surface area contributed by atoms with Crippen LogP contribution in [0.15, 0.2) is 48.7 Å². The maximum absolute atomic E-state index is 13.3. The van der Waals surface area contributed by atoms with E-state index in [4.69, 9.17) is 0 Å². The van der Waals surface area contributed by atoms with Gasteiger partial charge in [0.05, 0.1) is 0 Å². The molecule has 1 aromatic heterocycles. The fraction of sp³-hybridized carbons (Fsp3) is 0.154. The molecule has 0 atom stereocenters. The van der Waals surface area contributed by atoms with E-state index in [2.05, 4.69) is 4.98 Å². The number of halogens is 1. The van der Waals surface area contributed by atoms with Crippen LogP contribution in [0.1, 0.15) is 11.3 Å². The van der Waals surface area contributed by atoms with E-state index in [9.17, 15) is 4.39 Å². The van der Waals surface area contributed by atoms with Crippen LogP contribution in [0.3, 0.4) is 0 Å². The van der Waals surface area contributed by atoms with Gasteiger partial charge in [0.1, 0.15) is 5.82 Å². The largest absolute Gasteiger partial charge is 0.261 e. The zero-order valence-electron chi connectivity index (χ0n) is 8.36. The summed E-state index contributed by atoms with van der Waals surface area (Å²) >= 11 is 0. The Bertz CT molecular complexity index is 426. The van der Waals surface area contributed by atoms with Gasteiger partial charge in [-0.1, -0.05) is 24.3 Å². The topological polar surface area (TPSA) is 12.9 Å². The highest BCUT2D eigenvalue weighted by atomic mass is 19.1. The van der Waals surface area contributed by atoms with Crippen LogP contribution in [0.4, 0.5) is 4.39 Å². The van der Waals surface area contributed by atoms with Crippen molar-refractivity contribution < 1.29 is 4.39 Å². The average molecular weight is 201 g/mol. The van der Waals surface area contributed by atoms with Gasteiger partial charge in [0, 0.05) is 11.9 Å². The fourth-order valence-corrected chi connectivity index (χ4v) is 1.51. The molecule has 0 bridgehead atoms. The highest BCUT2D eigenvalue weighted by Gasteiger charge is 2.01. The molecule has 0 unspecified atom stereocenters. The molecule has 0 fully saturated rings. The van der Waals surface area contributed by atoms with Crippen LogP contribution in [0.2, 0.25) is 0 Å². The Kier molecular flexibility index (Phi) is 3.08. The lowest BCUT2D eigenvalue weighted by atomic mass is 10.1. The van der Waals surface area contributed by atoms with Gasteiger partial charge in [0.2, 0.25) is 0 Å². The number of hydrogen-bond donors (Lipinski definition) is 0. The number of rotatable bonds is 3. The van der Waals surface area contributed by atoms with Gasteiger partial charge in [-0.3, -0.25) is 4.98 Å². The lowest BCUT2D eigenvalue weighted by Gasteiger charge is -2.02. The summed E-state index contributed by atoms with van der Waals surface area (Å²) in [7, 11) is 0. The van der Waals surface area contributed by atoms with Gasteiger partial charge < -0.3 is 0 Å². The number of pyridine rings is 1. The third-order valence-corrected chi connectivity index (χ3v) is 2.33. The lowest BCUT2D eigenvalue weighted by molar-refractivity contribution is 0.608. The van der Waals surface area contributed by atoms with Crippen LogP contribution < -0.4 is 0 Å². The number of nitrogens with zero attached hydrogens (tertiary/aromatic N) is 1. The van der Waals surface area contributed by atoms with Crippen molar-refractivity contribution in [1.82, 2.24) is 4.98 Å². The van der Waals surface area contributed by atoms with Gasteiger partial charge in [-0.25, -0.2) is 4.39 Å². The first-order valence-electron chi connectivity index (χ1n) is 4.99. The van der Waals surface area contributed by atoms with Crippen molar-refractivity contribution in [2.24, 2.45) is 0 Å². The highest BCUT2D eigenvalue weighted by molar-refractivity contribution is 5.18. The lowest BCUT2D eigenvalue weighted by Crippen LogP contribution is -1.95. The van der Waals surface area contributed by atoms with E-state index in [1.54, 1.807) is 12.3 Å². The molecule has 0 saturated carbocycles. The Morgan fingerprint density at radius 2 is 1.73 bits per heavy atom. The maximum atomic E-state index is 13.3. The van der Waals surface area contributed by atoms with Gasteiger partial charge in [-0.2, -0.15) is 0 Å². The van der Waals surface area contributed by atoms with Gasteiger partial charge in [-0.15, -0.1) is 0 Å². The minimum Gasteiger partial charge on any atom is -0.261 e. The third kappa shape index (κ3) is 2.62. The molecule has 1 nitrogen and oxygen atoms in total. The second kappa shape index (κ2) is 4.69. The van der Waals surface area contributed by atoms with Gasteiger partial charge in [-0.05, 0) is 36.6 Å². The number of benzene rings is 1. The second-order valence-corrected chi connectivity index (χ2v) is 3.41. The molecule has 0 saturated heterocycles. The van der Waals surface area contributed by atoms with Crippen LogP contribution in [-0.4, -0.2) is 4.98 Å².